The van der Waals surface area contributed by atoms with Crippen molar-refractivity contribution in [3.8, 4) is 0 Å². The fourth-order valence-corrected chi connectivity index (χ4v) is 2.95. The zero-order chi connectivity index (χ0) is 15.8. The second kappa shape index (κ2) is 5.31. The predicted molar refractivity (Wildman–Crippen MR) is 76.6 cm³/mol. The van der Waals surface area contributed by atoms with E-state index in [0.29, 0.717) is 25.8 Å². The van der Waals surface area contributed by atoms with E-state index in [4.69, 9.17) is 0 Å². The summed E-state index contributed by atoms with van der Waals surface area (Å²) >= 11 is 0. The Balaban J connectivity index is 2.08. The van der Waals surface area contributed by atoms with Crippen molar-refractivity contribution >= 4 is 17.8 Å². The Kier molecular flexibility index (Phi) is 4.00. The van der Waals surface area contributed by atoms with Gasteiger partial charge in [0.15, 0.2) is 0 Å². The van der Waals surface area contributed by atoms with Gasteiger partial charge in [0.1, 0.15) is 11.6 Å². The number of nitrogens with one attached hydrogen (secondary N) is 1. The molecule has 6 heteroatoms. The predicted octanol–water partition coefficient (Wildman–Crippen LogP) is 1.15. The van der Waals surface area contributed by atoms with Crippen molar-refractivity contribution in [3.63, 3.8) is 0 Å². The number of likely N-dealkylation sites (tertiary alicyclic amines) is 1. The number of amides is 2. The average molecular weight is 296 g/mol. The summed E-state index contributed by atoms with van der Waals surface area (Å²) in [5.41, 5.74) is -1.65. The van der Waals surface area contributed by atoms with Gasteiger partial charge in [-0.1, -0.05) is 20.8 Å². The van der Waals surface area contributed by atoms with Gasteiger partial charge in [-0.05, 0) is 32.1 Å². The van der Waals surface area contributed by atoms with E-state index < -0.39 is 23.0 Å². The van der Waals surface area contributed by atoms with Gasteiger partial charge in [-0.3, -0.25) is 9.59 Å². The number of hydrogen-bond donors (Lipinski definition) is 2. The van der Waals surface area contributed by atoms with E-state index in [1.165, 1.54) is 0 Å². The number of nitrogens with zero attached hydrogens (tertiary/aromatic N) is 1. The molecule has 0 radical (unpaired) electrons. The molecular formula is C15H24N2O4. The van der Waals surface area contributed by atoms with Crippen molar-refractivity contribution in [1.82, 2.24) is 10.2 Å². The molecule has 1 atom stereocenters. The Labute approximate surface area is 124 Å². The fourth-order valence-electron chi connectivity index (χ4n) is 2.95. The van der Waals surface area contributed by atoms with E-state index in [1.54, 1.807) is 4.90 Å². The highest BCUT2D eigenvalue weighted by atomic mass is 16.4. The summed E-state index contributed by atoms with van der Waals surface area (Å²) in [6.45, 7) is 6.04. The molecule has 2 amide bonds. The maximum Gasteiger partial charge on any atom is 0.329 e. The standard InChI is InChI=1S/C15H24N2O4/c1-14(2,3)12(19)17-9-4-6-10(17)11(18)16-15(13(20)21)7-5-8-15/h10H,4-9H2,1-3H3,(H,16,18)(H,20,21). The van der Waals surface area contributed by atoms with Crippen molar-refractivity contribution in [2.75, 3.05) is 6.54 Å². The fraction of sp³-hybridized carbons (Fsp3) is 0.800. The summed E-state index contributed by atoms with van der Waals surface area (Å²) < 4.78 is 0. The van der Waals surface area contributed by atoms with Gasteiger partial charge >= 0.3 is 5.97 Å². The molecule has 1 unspecified atom stereocenters. The maximum absolute atomic E-state index is 12.4. The Morgan fingerprint density at radius 3 is 2.24 bits per heavy atom. The second-order valence-electron chi connectivity index (χ2n) is 7.14. The molecule has 6 nitrogen and oxygen atoms in total. The van der Waals surface area contributed by atoms with Gasteiger partial charge in [-0.15, -0.1) is 0 Å². The summed E-state index contributed by atoms with van der Waals surface area (Å²) in [4.78, 5) is 37.8. The molecule has 0 bridgehead atoms. The minimum Gasteiger partial charge on any atom is -0.480 e. The minimum atomic E-state index is -1.11. The molecule has 1 saturated carbocycles. The summed E-state index contributed by atoms with van der Waals surface area (Å²) in [5, 5.41) is 12.0. The van der Waals surface area contributed by atoms with Gasteiger partial charge in [0, 0.05) is 12.0 Å². The average Bonchev–Trinajstić information content (AvgIpc) is 2.79. The molecule has 2 rings (SSSR count). The minimum absolute atomic E-state index is 0.0573. The van der Waals surface area contributed by atoms with Crippen LogP contribution in [0.2, 0.25) is 0 Å². The van der Waals surface area contributed by atoms with Crippen LogP contribution in [-0.2, 0) is 14.4 Å². The zero-order valence-electron chi connectivity index (χ0n) is 12.9. The highest BCUT2D eigenvalue weighted by molar-refractivity contribution is 5.93. The topological polar surface area (TPSA) is 86.7 Å². The maximum atomic E-state index is 12.4. The molecule has 21 heavy (non-hydrogen) atoms. The van der Waals surface area contributed by atoms with Gasteiger partial charge in [-0.2, -0.15) is 0 Å². The van der Waals surface area contributed by atoms with Crippen LogP contribution >= 0.6 is 0 Å². The molecule has 1 heterocycles. The van der Waals surface area contributed by atoms with E-state index >= 15 is 0 Å². The largest absolute Gasteiger partial charge is 0.480 e. The molecule has 1 aliphatic carbocycles. The molecule has 0 aromatic rings. The van der Waals surface area contributed by atoms with Crippen LogP contribution in [0.3, 0.4) is 0 Å². The molecule has 2 fully saturated rings. The van der Waals surface area contributed by atoms with Crippen LogP contribution in [-0.4, -0.2) is 45.9 Å². The number of aliphatic carboxylic acids is 1. The smallest absolute Gasteiger partial charge is 0.329 e. The number of hydrogen-bond acceptors (Lipinski definition) is 3. The van der Waals surface area contributed by atoms with Crippen molar-refractivity contribution in [2.45, 2.75) is 64.5 Å². The lowest BCUT2D eigenvalue weighted by Crippen LogP contribution is -2.62. The number of carbonyl (C=O) groups is 3. The molecule has 1 aliphatic heterocycles. The van der Waals surface area contributed by atoms with Crippen molar-refractivity contribution in [1.29, 1.82) is 0 Å². The lowest BCUT2D eigenvalue weighted by molar-refractivity contribution is -0.153. The van der Waals surface area contributed by atoms with Gasteiger partial charge in [0.05, 0.1) is 0 Å². The molecule has 1 saturated heterocycles. The summed E-state index contributed by atoms with van der Waals surface area (Å²) in [6, 6.07) is -0.534. The van der Waals surface area contributed by atoms with Gasteiger partial charge in [0.25, 0.3) is 0 Å². The molecule has 2 N–H and O–H groups in total. The van der Waals surface area contributed by atoms with Crippen LogP contribution < -0.4 is 5.32 Å². The monoisotopic (exact) mass is 296 g/mol. The summed E-state index contributed by atoms with van der Waals surface area (Å²) in [5.74, 6) is -1.36. The summed E-state index contributed by atoms with van der Waals surface area (Å²) in [6.07, 6.45) is 3.12. The first-order chi connectivity index (χ1) is 9.67. The highest BCUT2D eigenvalue weighted by Gasteiger charge is 2.48. The number of rotatable bonds is 3. The van der Waals surface area contributed by atoms with Gasteiger partial charge in [-0.25, -0.2) is 4.79 Å². The van der Waals surface area contributed by atoms with Gasteiger partial charge < -0.3 is 15.3 Å². The molecule has 0 aromatic carbocycles. The van der Waals surface area contributed by atoms with E-state index in [0.717, 1.165) is 12.8 Å². The molecule has 2 aliphatic rings. The number of carboxylic acids is 1. The molecular weight excluding hydrogens is 272 g/mol. The van der Waals surface area contributed by atoms with Crippen LogP contribution in [0.1, 0.15) is 52.9 Å². The summed E-state index contributed by atoms with van der Waals surface area (Å²) in [7, 11) is 0. The van der Waals surface area contributed by atoms with Crippen LogP contribution in [0.4, 0.5) is 0 Å². The Morgan fingerprint density at radius 2 is 1.81 bits per heavy atom. The van der Waals surface area contributed by atoms with E-state index in [-0.39, 0.29) is 11.8 Å². The third-order valence-corrected chi connectivity index (χ3v) is 4.44. The Bertz CT molecular complexity index is 463. The molecule has 0 spiro atoms. The Hall–Kier alpha value is -1.59. The second-order valence-corrected chi connectivity index (χ2v) is 7.14. The first kappa shape index (κ1) is 15.8. The first-order valence-electron chi connectivity index (χ1n) is 7.54. The quantitative estimate of drug-likeness (QED) is 0.818. The third-order valence-electron chi connectivity index (χ3n) is 4.44. The van der Waals surface area contributed by atoms with Crippen molar-refractivity contribution in [3.05, 3.63) is 0 Å². The van der Waals surface area contributed by atoms with E-state index in [9.17, 15) is 19.5 Å². The van der Waals surface area contributed by atoms with Crippen LogP contribution in [0, 0.1) is 5.41 Å². The zero-order valence-corrected chi connectivity index (χ0v) is 12.9. The van der Waals surface area contributed by atoms with Crippen LogP contribution in [0.15, 0.2) is 0 Å². The number of carboxylic acid groups (broad SMARTS) is 1. The lowest BCUT2D eigenvalue weighted by Gasteiger charge is -2.40. The van der Waals surface area contributed by atoms with E-state index in [1.807, 2.05) is 20.8 Å². The highest BCUT2D eigenvalue weighted by Crippen LogP contribution is 2.33. The van der Waals surface area contributed by atoms with Crippen molar-refractivity contribution < 1.29 is 19.5 Å². The molecule has 0 aromatic heterocycles. The third kappa shape index (κ3) is 2.89. The van der Waals surface area contributed by atoms with E-state index in [2.05, 4.69) is 5.32 Å². The normalized spacial score (nSPS) is 24.3. The van der Waals surface area contributed by atoms with Crippen molar-refractivity contribution in [2.24, 2.45) is 5.41 Å². The SMILES string of the molecule is CC(C)(C)C(=O)N1CCCC1C(=O)NC1(C(=O)O)CCC1. The van der Waals surface area contributed by atoms with Crippen LogP contribution in [0.5, 0.6) is 0 Å². The lowest BCUT2D eigenvalue weighted by atomic mass is 9.76. The van der Waals surface area contributed by atoms with Crippen LogP contribution in [0.25, 0.3) is 0 Å². The molecule has 118 valence electrons. The Morgan fingerprint density at radius 1 is 1.19 bits per heavy atom. The van der Waals surface area contributed by atoms with Gasteiger partial charge in [0.2, 0.25) is 11.8 Å². The first-order valence-corrected chi connectivity index (χ1v) is 7.54. The number of carbonyl (C=O) groups excluding carboxylic acids is 2.